The number of guanidine groups is 1. The van der Waals surface area contributed by atoms with Crippen LogP contribution in [0.25, 0.3) is 0 Å². The Balaban J connectivity index is 1.36. The fourth-order valence-electron chi connectivity index (χ4n) is 3.17. The zero-order valence-electron chi connectivity index (χ0n) is 15.0. The molecule has 2 aliphatic rings. The number of rotatable bonds is 7. The number of nitrogens with zero attached hydrogens (tertiary/aromatic N) is 2. The monoisotopic (exact) mass is 344 g/mol. The number of piperidine rings is 1. The lowest BCUT2D eigenvalue weighted by atomic mass is 10.1. The molecule has 1 amide bonds. The summed E-state index contributed by atoms with van der Waals surface area (Å²) in [7, 11) is 0. The maximum atomic E-state index is 11.3. The highest BCUT2D eigenvalue weighted by atomic mass is 16.5. The summed E-state index contributed by atoms with van der Waals surface area (Å²) >= 11 is 0. The number of hydrogen-bond donors (Lipinski definition) is 2. The third-order valence-electron chi connectivity index (χ3n) is 4.58. The van der Waals surface area contributed by atoms with Gasteiger partial charge in [0.05, 0.1) is 6.61 Å². The summed E-state index contributed by atoms with van der Waals surface area (Å²) in [5, 5.41) is 6.13. The van der Waals surface area contributed by atoms with Crippen LogP contribution < -0.4 is 15.4 Å². The van der Waals surface area contributed by atoms with E-state index < -0.39 is 0 Å². The summed E-state index contributed by atoms with van der Waals surface area (Å²) in [5.41, 5.74) is 1.31. The first kappa shape index (κ1) is 17.7. The van der Waals surface area contributed by atoms with E-state index in [0.29, 0.717) is 12.6 Å². The smallest absolute Gasteiger partial charge is 0.271 e. The molecule has 6 nitrogen and oxygen atoms in total. The molecule has 3 rings (SSSR count). The van der Waals surface area contributed by atoms with Crippen molar-refractivity contribution in [1.82, 2.24) is 15.5 Å². The minimum Gasteiger partial charge on any atom is -0.494 e. The van der Waals surface area contributed by atoms with Crippen molar-refractivity contribution in [2.45, 2.75) is 45.2 Å². The minimum atomic E-state index is -0.221. The molecule has 0 aromatic heterocycles. The Morgan fingerprint density at radius 2 is 2.16 bits per heavy atom. The second-order valence-electron chi connectivity index (χ2n) is 6.78. The van der Waals surface area contributed by atoms with Gasteiger partial charge in [0.2, 0.25) is 0 Å². The van der Waals surface area contributed by atoms with Gasteiger partial charge < -0.3 is 15.4 Å². The molecule has 1 saturated heterocycles. The van der Waals surface area contributed by atoms with E-state index in [1.54, 1.807) is 6.92 Å². The SMILES string of the molecule is CC1NC(NCCCOc2cccc(CN3CCCCC3)c2)=NC1=O. The maximum absolute atomic E-state index is 11.3. The lowest BCUT2D eigenvalue weighted by Crippen LogP contribution is -2.38. The number of carbonyl (C=O) groups excluding carboxylic acids is 1. The molecule has 2 aliphatic heterocycles. The van der Waals surface area contributed by atoms with Crippen molar-refractivity contribution >= 4 is 11.9 Å². The summed E-state index contributed by atoms with van der Waals surface area (Å²) in [5.74, 6) is 1.37. The number of aliphatic imine (C=N–C) groups is 1. The Morgan fingerprint density at radius 1 is 1.32 bits per heavy atom. The average Bonchev–Trinajstić information content (AvgIpc) is 2.94. The second-order valence-corrected chi connectivity index (χ2v) is 6.78. The van der Waals surface area contributed by atoms with E-state index in [4.69, 9.17) is 4.74 Å². The Bertz CT molecular complexity index is 611. The van der Waals surface area contributed by atoms with E-state index in [1.807, 2.05) is 6.07 Å². The van der Waals surface area contributed by atoms with Gasteiger partial charge in [-0.25, -0.2) is 0 Å². The predicted molar refractivity (Wildman–Crippen MR) is 98.7 cm³/mol. The van der Waals surface area contributed by atoms with Crippen LogP contribution in [-0.2, 0) is 11.3 Å². The summed E-state index contributed by atoms with van der Waals surface area (Å²) in [6.45, 7) is 6.58. The lowest BCUT2D eigenvalue weighted by molar-refractivity contribution is -0.118. The third kappa shape index (κ3) is 5.46. The molecule has 25 heavy (non-hydrogen) atoms. The van der Waals surface area contributed by atoms with Gasteiger partial charge in [-0.1, -0.05) is 18.6 Å². The van der Waals surface area contributed by atoms with Gasteiger partial charge in [0.1, 0.15) is 11.8 Å². The first-order chi connectivity index (χ1) is 12.2. The Kier molecular flexibility index (Phi) is 6.28. The second kappa shape index (κ2) is 8.85. The van der Waals surface area contributed by atoms with Crippen LogP contribution in [0.3, 0.4) is 0 Å². The Morgan fingerprint density at radius 3 is 2.92 bits per heavy atom. The molecule has 0 bridgehead atoms. The highest BCUT2D eigenvalue weighted by molar-refractivity contribution is 6.02. The minimum absolute atomic E-state index is 0.121. The molecule has 0 aliphatic carbocycles. The Labute approximate surface area is 149 Å². The fourth-order valence-corrected chi connectivity index (χ4v) is 3.17. The average molecular weight is 344 g/mol. The Hall–Kier alpha value is -2.08. The molecule has 1 fully saturated rings. The number of amides is 1. The van der Waals surface area contributed by atoms with Crippen LogP contribution in [0, 0.1) is 0 Å². The largest absolute Gasteiger partial charge is 0.494 e. The van der Waals surface area contributed by atoms with Crippen molar-refractivity contribution in [1.29, 1.82) is 0 Å². The molecule has 1 atom stereocenters. The number of likely N-dealkylation sites (tertiary alicyclic amines) is 1. The zero-order chi connectivity index (χ0) is 17.5. The first-order valence-electron chi connectivity index (χ1n) is 9.28. The highest BCUT2D eigenvalue weighted by Crippen LogP contribution is 2.17. The molecule has 2 N–H and O–H groups in total. The molecule has 1 aromatic carbocycles. The highest BCUT2D eigenvalue weighted by Gasteiger charge is 2.20. The van der Waals surface area contributed by atoms with Crippen molar-refractivity contribution in [2.75, 3.05) is 26.2 Å². The van der Waals surface area contributed by atoms with Crippen LogP contribution in [0.4, 0.5) is 0 Å². The van der Waals surface area contributed by atoms with Crippen LogP contribution in [0.15, 0.2) is 29.3 Å². The van der Waals surface area contributed by atoms with E-state index >= 15 is 0 Å². The molecule has 0 spiro atoms. The van der Waals surface area contributed by atoms with Gasteiger partial charge in [-0.15, -0.1) is 0 Å². The number of nitrogens with one attached hydrogen (secondary N) is 2. The van der Waals surface area contributed by atoms with Crippen LogP contribution >= 0.6 is 0 Å². The summed E-state index contributed by atoms with van der Waals surface area (Å²) in [6, 6.07) is 8.17. The predicted octanol–water partition coefficient (Wildman–Crippen LogP) is 1.91. The lowest BCUT2D eigenvalue weighted by Gasteiger charge is -2.26. The van der Waals surface area contributed by atoms with E-state index in [9.17, 15) is 4.79 Å². The van der Waals surface area contributed by atoms with E-state index in [1.165, 1.54) is 37.9 Å². The molecule has 1 aromatic rings. The molecular weight excluding hydrogens is 316 g/mol. The molecule has 0 radical (unpaired) electrons. The van der Waals surface area contributed by atoms with Crippen molar-refractivity contribution in [3.63, 3.8) is 0 Å². The van der Waals surface area contributed by atoms with Crippen LogP contribution in [0.2, 0.25) is 0 Å². The van der Waals surface area contributed by atoms with Crippen LogP contribution in [0.5, 0.6) is 5.75 Å². The van der Waals surface area contributed by atoms with Crippen LogP contribution in [0.1, 0.15) is 38.2 Å². The quantitative estimate of drug-likeness (QED) is 0.740. The molecule has 136 valence electrons. The summed E-state index contributed by atoms with van der Waals surface area (Å²) in [4.78, 5) is 17.7. The van der Waals surface area contributed by atoms with Gasteiger partial charge in [-0.05, 0) is 57.0 Å². The van der Waals surface area contributed by atoms with Crippen molar-refractivity contribution in [3.05, 3.63) is 29.8 Å². The van der Waals surface area contributed by atoms with E-state index in [-0.39, 0.29) is 11.9 Å². The van der Waals surface area contributed by atoms with Gasteiger partial charge >= 0.3 is 0 Å². The van der Waals surface area contributed by atoms with Crippen molar-refractivity contribution in [2.24, 2.45) is 4.99 Å². The first-order valence-corrected chi connectivity index (χ1v) is 9.28. The van der Waals surface area contributed by atoms with Gasteiger partial charge in [0.15, 0.2) is 5.96 Å². The van der Waals surface area contributed by atoms with E-state index in [2.05, 4.69) is 38.7 Å². The standard InChI is InChI=1S/C19H28N4O2/c1-15-18(24)22-19(21-15)20-9-6-12-25-17-8-5-7-16(13-17)14-23-10-3-2-4-11-23/h5,7-8,13,15H,2-4,6,9-12,14H2,1H3,(H2,20,21,22,24). The molecule has 2 heterocycles. The van der Waals surface area contributed by atoms with Gasteiger partial charge in [-0.2, -0.15) is 4.99 Å². The molecule has 1 unspecified atom stereocenters. The van der Waals surface area contributed by atoms with Gasteiger partial charge in [0.25, 0.3) is 5.91 Å². The van der Waals surface area contributed by atoms with E-state index in [0.717, 1.165) is 25.3 Å². The maximum Gasteiger partial charge on any atom is 0.271 e. The van der Waals surface area contributed by atoms with Crippen LogP contribution in [-0.4, -0.2) is 49.0 Å². The van der Waals surface area contributed by atoms with Crippen molar-refractivity contribution in [3.8, 4) is 5.75 Å². The van der Waals surface area contributed by atoms with Gasteiger partial charge in [-0.3, -0.25) is 9.69 Å². The number of benzene rings is 1. The molecule has 6 heteroatoms. The topological polar surface area (TPSA) is 66.0 Å². The van der Waals surface area contributed by atoms with Gasteiger partial charge in [0, 0.05) is 13.1 Å². The number of ether oxygens (including phenoxy) is 1. The molecular formula is C19H28N4O2. The normalized spacial score (nSPS) is 20.9. The number of hydrogen-bond acceptors (Lipinski definition) is 5. The van der Waals surface area contributed by atoms with Crippen molar-refractivity contribution < 1.29 is 9.53 Å². The number of carbonyl (C=O) groups is 1. The molecule has 0 saturated carbocycles. The zero-order valence-corrected chi connectivity index (χ0v) is 15.0. The third-order valence-corrected chi connectivity index (χ3v) is 4.58. The summed E-state index contributed by atoms with van der Waals surface area (Å²) < 4.78 is 5.86. The fraction of sp³-hybridized carbons (Fsp3) is 0.579. The summed E-state index contributed by atoms with van der Waals surface area (Å²) in [6.07, 6.45) is 4.84.